The average molecular weight is 303 g/mol. The van der Waals surface area contributed by atoms with Gasteiger partial charge in [0.1, 0.15) is 11.6 Å². The Labute approximate surface area is 133 Å². The molecule has 0 radical (unpaired) electrons. The van der Waals surface area contributed by atoms with E-state index in [0.29, 0.717) is 35.9 Å². The second-order valence-corrected chi connectivity index (χ2v) is 8.98. The molecule has 0 aromatic rings. The third-order valence-corrected chi connectivity index (χ3v) is 8.37. The molecule has 7 atom stereocenters. The van der Waals surface area contributed by atoms with Crippen LogP contribution < -0.4 is 5.73 Å². The number of hydrogen-bond acceptors (Lipinski definition) is 3. The van der Waals surface area contributed by atoms with Crippen molar-refractivity contribution in [3.63, 3.8) is 0 Å². The highest BCUT2D eigenvalue weighted by molar-refractivity contribution is 5.87. The van der Waals surface area contributed by atoms with Crippen molar-refractivity contribution < 1.29 is 9.59 Å². The number of Topliss-reactive ketones (excluding diaryl/α,β-unsaturated/α-hetero) is 2. The first-order chi connectivity index (χ1) is 10.4. The van der Waals surface area contributed by atoms with Gasteiger partial charge < -0.3 is 5.73 Å². The number of hydrogen-bond donors (Lipinski definition) is 1. The Balaban J connectivity index is 1.67. The maximum atomic E-state index is 12.4. The van der Waals surface area contributed by atoms with Gasteiger partial charge in [0.05, 0.1) is 6.04 Å². The van der Waals surface area contributed by atoms with Gasteiger partial charge >= 0.3 is 0 Å². The Morgan fingerprint density at radius 1 is 0.909 bits per heavy atom. The van der Waals surface area contributed by atoms with Crippen LogP contribution in [0.2, 0.25) is 0 Å². The van der Waals surface area contributed by atoms with Crippen molar-refractivity contribution in [2.24, 2.45) is 40.2 Å². The highest BCUT2D eigenvalue weighted by Crippen LogP contribution is 2.64. The molecule has 0 aliphatic heterocycles. The van der Waals surface area contributed by atoms with Crippen LogP contribution in [0.25, 0.3) is 0 Å². The first-order valence-corrected chi connectivity index (χ1v) is 9.19. The Bertz CT molecular complexity index is 530. The van der Waals surface area contributed by atoms with Crippen LogP contribution >= 0.6 is 0 Å². The molecule has 4 rings (SSSR count). The van der Waals surface area contributed by atoms with Crippen LogP contribution in [0.4, 0.5) is 0 Å². The van der Waals surface area contributed by atoms with E-state index in [-0.39, 0.29) is 22.7 Å². The van der Waals surface area contributed by atoms with Crippen LogP contribution in [-0.4, -0.2) is 17.6 Å². The minimum atomic E-state index is -0.238. The second-order valence-electron chi connectivity index (χ2n) is 8.98. The maximum Gasteiger partial charge on any atom is 0.149 e. The molecule has 4 aliphatic carbocycles. The van der Waals surface area contributed by atoms with Gasteiger partial charge in [-0.05, 0) is 67.6 Å². The first kappa shape index (κ1) is 14.9. The Morgan fingerprint density at radius 2 is 1.68 bits per heavy atom. The molecule has 3 nitrogen and oxygen atoms in total. The van der Waals surface area contributed by atoms with Gasteiger partial charge in [-0.2, -0.15) is 0 Å². The molecule has 0 aromatic heterocycles. The minimum absolute atomic E-state index is 0.0447. The molecule has 0 spiro atoms. The monoisotopic (exact) mass is 303 g/mol. The number of carbonyl (C=O) groups excluding carboxylic acids is 2. The number of carbonyl (C=O) groups is 2. The Morgan fingerprint density at radius 3 is 2.45 bits per heavy atom. The van der Waals surface area contributed by atoms with Gasteiger partial charge in [0.15, 0.2) is 0 Å². The molecule has 122 valence electrons. The summed E-state index contributed by atoms with van der Waals surface area (Å²) in [5, 5.41) is 0. The summed E-state index contributed by atoms with van der Waals surface area (Å²) in [6.07, 6.45) is 8.07. The molecule has 4 fully saturated rings. The fraction of sp³-hybridized carbons (Fsp3) is 0.895. The van der Waals surface area contributed by atoms with Crippen molar-refractivity contribution in [3.05, 3.63) is 0 Å². The largest absolute Gasteiger partial charge is 0.321 e. The van der Waals surface area contributed by atoms with Crippen LogP contribution in [-0.2, 0) is 9.59 Å². The summed E-state index contributed by atoms with van der Waals surface area (Å²) < 4.78 is 0. The van der Waals surface area contributed by atoms with Gasteiger partial charge in [-0.1, -0.05) is 13.8 Å². The number of fused-ring (bicyclic) bond motifs is 5. The van der Waals surface area contributed by atoms with Crippen LogP contribution in [0, 0.1) is 34.5 Å². The van der Waals surface area contributed by atoms with Crippen molar-refractivity contribution in [1.82, 2.24) is 0 Å². The molecule has 0 aromatic carbocycles. The van der Waals surface area contributed by atoms with E-state index in [4.69, 9.17) is 5.73 Å². The lowest BCUT2D eigenvalue weighted by Crippen LogP contribution is -2.59. The lowest BCUT2D eigenvalue weighted by atomic mass is 9.44. The molecule has 2 N–H and O–H groups in total. The van der Waals surface area contributed by atoms with Crippen LogP contribution in [0.3, 0.4) is 0 Å². The summed E-state index contributed by atoms with van der Waals surface area (Å²) >= 11 is 0. The van der Waals surface area contributed by atoms with Gasteiger partial charge in [0, 0.05) is 18.3 Å². The molecule has 0 heterocycles. The van der Waals surface area contributed by atoms with Crippen molar-refractivity contribution >= 4 is 11.6 Å². The van der Waals surface area contributed by atoms with E-state index in [0.717, 1.165) is 38.5 Å². The number of nitrogens with two attached hydrogens (primary N) is 1. The average Bonchev–Trinajstić information content (AvgIpc) is 2.79. The first-order valence-electron chi connectivity index (χ1n) is 9.19. The molecule has 3 heteroatoms. The van der Waals surface area contributed by atoms with E-state index in [2.05, 4.69) is 13.8 Å². The van der Waals surface area contributed by atoms with Crippen LogP contribution in [0.15, 0.2) is 0 Å². The zero-order valence-corrected chi connectivity index (χ0v) is 13.9. The third kappa shape index (κ3) is 1.72. The van der Waals surface area contributed by atoms with E-state index in [1.807, 2.05) is 0 Å². The normalized spacial score (nSPS) is 54.6. The van der Waals surface area contributed by atoms with Gasteiger partial charge in [-0.15, -0.1) is 0 Å². The third-order valence-electron chi connectivity index (χ3n) is 8.37. The Kier molecular flexibility index (Phi) is 3.15. The molecule has 0 amide bonds. The molecule has 22 heavy (non-hydrogen) atoms. The zero-order chi connectivity index (χ0) is 15.7. The molecule has 4 saturated carbocycles. The van der Waals surface area contributed by atoms with Crippen LogP contribution in [0.5, 0.6) is 0 Å². The molecule has 4 aliphatic rings. The highest BCUT2D eigenvalue weighted by Gasteiger charge is 2.61. The molecule has 0 bridgehead atoms. The summed E-state index contributed by atoms with van der Waals surface area (Å²) in [4.78, 5) is 24.5. The number of ketones is 2. The molecular formula is C19H29NO2. The van der Waals surface area contributed by atoms with Gasteiger partial charge in [0.25, 0.3) is 0 Å². The smallest absolute Gasteiger partial charge is 0.149 e. The Hall–Kier alpha value is -0.700. The van der Waals surface area contributed by atoms with Crippen LogP contribution in [0.1, 0.15) is 65.2 Å². The van der Waals surface area contributed by atoms with Crippen molar-refractivity contribution in [2.75, 3.05) is 0 Å². The standard InChI is InChI=1S/C19H29NO2/c1-18-10-8-15(21)17(20)14(18)4-3-11-12-5-6-16(22)19(12,2)9-7-13(11)18/h11-14,17H,3-10,20H2,1-2H3/t11-,12-,13-,14-,17?,18+,19-/m0/s1. The van der Waals surface area contributed by atoms with Gasteiger partial charge in [-0.3, -0.25) is 9.59 Å². The predicted molar refractivity (Wildman–Crippen MR) is 85.1 cm³/mol. The lowest BCUT2D eigenvalue weighted by molar-refractivity contribution is -0.146. The molecular weight excluding hydrogens is 274 g/mol. The SMILES string of the molecule is C[C@]12CCC(=O)C(N)[C@@H]1CC[C@@H]1[C@@H]2CC[C@]2(C)C(=O)CC[C@@H]12. The summed E-state index contributed by atoms with van der Waals surface area (Å²) in [7, 11) is 0. The van der Waals surface area contributed by atoms with Crippen molar-refractivity contribution in [2.45, 2.75) is 71.3 Å². The second kappa shape index (κ2) is 4.66. The highest BCUT2D eigenvalue weighted by atomic mass is 16.1. The molecule has 1 unspecified atom stereocenters. The summed E-state index contributed by atoms with van der Waals surface area (Å²) in [6, 6.07) is -0.238. The van der Waals surface area contributed by atoms with E-state index in [9.17, 15) is 9.59 Å². The quantitative estimate of drug-likeness (QED) is 0.748. The van der Waals surface area contributed by atoms with E-state index in [1.165, 1.54) is 6.42 Å². The number of rotatable bonds is 0. The lowest BCUT2D eigenvalue weighted by Gasteiger charge is -2.60. The van der Waals surface area contributed by atoms with Gasteiger partial charge in [0.2, 0.25) is 0 Å². The topological polar surface area (TPSA) is 60.2 Å². The zero-order valence-electron chi connectivity index (χ0n) is 13.9. The summed E-state index contributed by atoms with van der Waals surface area (Å²) in [5.41, 5.74) is 6.47. The minimum Gasteiger partial charge on any atom is -0.321 e. The summed E-state index contributed by atoms with van der Waals surface area (Å²) in [5.74, 6) is 3.11. The van der Waals surface area contributed by atoms with E-state index in [1.54, 1.807) is 0 Å². The predicted octanol–water partition coefficient (Wildman–Crippen LogP) is 3.10. The van der Waals surface area contributed by atoms with E-state index >= 15 is 0 Å². The fourth-order valence-corrected chi connectivity index (χ4v) is 7.00. The summed E-state index contributed by atoms with van der Waals surface area (Å²) in [6.45, 7) is 4.63. The fourth-order valence-electron chi connectivity index (χ4n) is 7.00. The van der Waals surface area contributed by atoms with Gasteiger partial charge in [-0.25, -0.2) is 0 Å². The maximum absolute atomic E-state index is 12.4. The van der Waals surface area contributed by atoms with Crippen molar-refractivity contribution in [1.29, 1.82) is 0 Å². The van der Waals surface area contributed by atoms with Crippen molar-refractivity contribution in [3.8, 4) is 0 Å². The van der Waals surface area contributed by atoms with E-state index < -0.39 is 0 Å². The molecule has 0 saturated heterocycles.